The Balaban J connectivity index is 3.51. The molecule has 0 aliphatic rings. The van der Waals surface area contributed by atoms with E-state index in [4.69, 9.17) is 45.6 Å². The first kappa shape index (κ1) is 14.1. The number of carboxylic acid groups (broad SMARTS) is 1. The van der Waals surface area contributed by atoms with Crippen LogP contribution in [0.3, 0.4) is 0 Å². The van der Waals surface area contributed by atoms with Gasteiger partial charge in [-0.15, -0.1) is 0 Å². The number of carbonyl (C=O) groups excluding carboxylic acids is 1. The fourth-order valence-electron chi connectivity index (χ4n) is 1.14. The second kappa shape index (κ2) is 4.70. The van der Waals surface area contributed by atoms with Crippen molar-refractivity contribution < 1.29 is 19.8 Å². The molecule has 0 aromatic heterocycles. The van der Waals surface area contributed by atoms with Gasteiger partial charge >= 0.3 is 5.97 Å². The van der Waals surface area contributed by atoms with Crippen molar-refractivity contribution in [2.45, 2.75) is 5.60 Å². The Bertz CT molecular complexity index is 466. The molecular weight excluding hydrogens is 292 g/mol. The summed E-state index contributed by atoms with van der Waals surface area (Å²) in [7, 11) is 0. The highest BCUT2D eigenvalue weighted by molar-refractivity contribution is 6.48. The standard InChI is InChI=1S/C9H6Cl3NO4/c10-4-1-3(2-5(11)6(4)12)9(17,7(13)14)8(15)16/h1-2,17H,(H2,13,14)(H,15,16). The van der Waals surface area contributed by atoms with E-state index >= 15 is 0 Å². The summed E-state index contributed by atoms with van der Waals surface area (Å²) in [6.45, 7) is 0. The quantitative estimate of drug-likeness (QED) is 0.580. The molecule has 1 rings (SSSR count). The number of nitrogens with two attached hydrogens (primary N) is 1. The molecule has 1 aromatic carbocycles. The topological polar surface area (TPSA) is 101 Å². The molecule has 0 heterocycles. The summed E-state index contributed by atoms with van der Waals surface area (Å²) in [6.07, 6.45) is 0. The van der Waals surface area contributed by atoms with Gasteiger partial charge < -0.3 is 15.9 Å². The van der Waals surface area contributed by atoms with E-state index in [1.54, 1.807) is 0 Å². The van der Waals surface area contributed by atoms with Gasteiger partial charge in [-0.1, -0.05) is 34.8 Å². The third-order valence-electron chi connectivity index (χ3n) is 2.07. The first-order valence-electron chi connectivity index (χ1n) is 4.12. The number of carboxylic acids is 1. The number of aliphatic hydroxyl groups is 1. The van der Waals surface area contributed by atoms with E-state index in [0.717, 1.165) is 12.1 Å². The number of primary amides is 1. The van der Waals surface area contributed by atoms with Crippen molar-refractivity contribution in [3.8, 4) is 0 Å². The molecule has 1 unspecified atom stereocenters. The number of carbonyl (C=O) groups is 2. The molecule has 0 radical (unpaired) electrons. The number of aliphatic carboxylic acids is 1. The Labute approximate surface area is 111 Å². The van der Waals surface area contributed by atoms with Crippen molar-refractivity contribution in [3.05, 3.63) is 32.8 Å². The summed E-state index contributed by atoms with van der Waals surface area (Å²) in [5.74, 6) is -3.29. The van der Waals surface area contributed by atoms with E-state index in [2.05, 4.69) is 0 Å². The average molecular weight is 299 g/mol. The van der Waals surface area contributed by atoms with Crippen LogP contribution in [0.2, 0.25) is 15.1 Å². The number of hydrogen-bond acceptors (Lipinski definition) is 3. The van der Waals surface area contributed by atoms with Gasteiger partial charge in [0.05, 0.1) is 15.1 Å². The Kier molecular flexibility index (Phi) is 3.88. The minimum absolute atomic E-state index is 0.0192. The molecule has 0 aliphatic carbocycles. The van der Waals surface area contributed by atoms with E-state index in [0.29, 0.717) is 0 Å². The Hall–Kier alpha value is -1.01. The highest BCUT2D eigenvalue weighted by atomic mass is 35.5. The summed E-state index contributed by atoms with van der Waals surface area (Å²) in [6, 6.07) is 2.02. The highest BCUT2D eigenvalue weighted by Gasteiger charge is 2.45. The minimum atomic E-state index is -2.90. The second-order valence-electron chi connectivity index (χ2n) is 3.13. The fourth-order valence-corrected chi connectivity index (χ4v) is 1.73. The van der Waals surface area contributed by atoms with E-state index in [9.17, 15) is 14.7 Å². The van der Waals surface area contributed by atoms with Crippen LogP contribution in [-0.4, -0.2) is 22.1 Å². The molecule has 0 fully saturated rings. The zero-order valence-corrected chi connectivity index (χ0v) is 10.3. The van der Waals surface area contributed by atoms with Gasteiger partial charge in [0.2, 0.25) is 0 Å². The lowest BCUT2D eigenvalue weighted by Gasteiger charge is -2.20. The Morgan fingerprint density at radius 2 is 1.59 bits per heavy atom. The predicted octanol–water partition coefficient (Wildman–Crippen LogP) is 1.40. The van der Waals surface area contributed by atoms with Crippen molar-refractivity contribution in [1.82, 2.24) is 0 Å². The maximum Gasteiger partial charge on any atom is 0.350 e. The van der Waals surface area contributed by atoms with E-state index in [-0.39, 0.29) is 20.6 Å². The summed E-state index contributed by atoms with van der Waals surface area (Å²) in [4.78, 5) is 21.9. The first-order chi connectivity index (χ1) is 7.71. The first-order valence-corrected chi connectivity index (χ1v) is 5.25. The smallest absolute Gasteiger partial charge is 0.350 e. The summed E-state index contributed by atoms with van der Waals surface area (Å²) in [5, 5.41) is 18.4. The average Bonchev–Trinajstić information content (AvgIpc) is 2.23. The van der Waals surface area contributed by atoms with E-state index in [1.165, 1.54) is 0 Å². The summed E-state index contributed by atoms with van der Waals surface area (Å²) >= 11 is 17.0. The molecule has 0 saturated carbocycles. The lowest BCUT2D eigenvalue weighted by Crippen LogP contribution is -2.47. The minimum Gasteiger partial charge on any atom is -0.478 e. The van der Waals surface area contributed by atoms with Gasteiger partial charge in [0.15, 0.2) is 0 Å². The van der Waals surface area contributed by atoms with Crippen LogP contribution in [0.25, 0.3) is 0 Å². The number of benzene rings is 1. The van der Waals surface area contributed by atoms with Crippen LogP contribution in [0.15, 0.2) is 12.1 Å². The van der Waals surface area contributed by atoms with Crippen LogP contribution in [0.1, 0.15) is 5.56 Å². The van der Waals surface area contributed by atoms with Crippen molar-refractivity contribution in [2.75, 3.05) is 0 Å². The van der Waals surface area contributed by atoms with Gasteiger partial charge in [0.25, 0.3) is 11.5 Å². The molecule has 17 heavy (non-hydrogen) atoms. The molecular formula is C9H6Cl3NO4. The van der Waals surface area contributed by atoms with Crippen LogP contribution < -0.4 is 5.73 Å². The molecule has 8 heteroatoms. The maximum absolute atomic E-state index is 11.0. The van der Waals surface area contributed by atoms with Gasteiger partial charge in [-0.2, -0.15) is 0 Å². The van der Waals surface area contributed by atoms with Crippen LogP contribution in [0, 0.1) is 0 Å². The molecule has 1 amide bonds. The molecule has 4 N–H and O–H groups in total. The fraction of sp³-hybridized carbons (Fsp3) is 0.111. The zero-order valence-electron chi connectivity index (χ0n) is 8.08. The lowest BCUT2D eigenvalue weighted by atomic mass is 9.93. The van der Waals surface area contributed by atoms with Crippen molar-refractivity contribution in [2.24, 2.45) is 5.73 Å². The van der Waals surface area contributed by atoms with Crippen molar-refractivity contribution in [1.29, 1.82) is 0 Å². The van der Waals surface area contributed by atoms with Crippen molar-refractivity contribution >= 4 is 46.7 Å². The van der Waals surface area contributed by atoms with Gasteiger partial charge in [0.1, 0.15) is 0 Å². The molecule has 1 aromatic rings. The molecule has 92 valence electrons. The Morgan fingerprint density at radius 1 is 1.18 bits per heavy atom. The SMILES string of the molecule is NC(=O)C(O)(C(=O)O)c1cc(Cl)c(Cl)c(Cl)c1. The molecule has 0 spiro atoms. The molecule has 0 aliphatic heterocycles. The largest absolute Gasteiger partial charge is 0.478 e. The van der Waals surface area contributed by atoms with Gasteiger partial charge in [-0.05, 0) is 12.1 Å². The summed E-state index contributed by atoms with van der Waals surface area (Å²) < 4.78 is 0. The monoisotopic (exact) mass is 297 g/mol. The number of rotatable bonds is 3. The third kappa shape index (κ3) is 2.32. The maximum atomic E-state index is 11.0. The van der Waals surface area contributed by atoms with E-state index < -0.39 is 17.5 Å². The number of hydrogen-bond donors (Lipinski definition) is 3. The lowest BCUT2D eigenvalue weighted by molar-refractivity contribution is -0.166. The predicted molar refractivity (Wildman–Crippen MR) is 62.2 cm³/mol. The third-order valence-corrected chi connectivity index (χ3v) is 3.26. The molecule has 1 atom stereocenters. The normalized spacial score (nSPS) is 14.1. The second-order valence-corrected chi connectivity index (χ2v) is 4.33. The highest BCUT2D eigenvalue weighted by Crippen LogP contribution is 2.35. The van der Waals surface area contributed by atoms with Crippen LogP contribution in [-0.2, 0) is 15.2 Å². The van der Waals surface area contributed by atoms with Gasteiger partial charge in [0, 0.05) is 5.56 Å². The summed E-state index contributed by atoms with van der Waals surface area (Å²) in [5.41, 5.74) is 1.58. The molecule has 0 bridgehead atoms. The molecule has 5 nitrogen and oxygen atoms in total. The number of halogens is 3. The van der Waals surface area contributed by atoms with E-state index in [1.807, 2.05) is 0 Å². The molecule has 0 saturated heterocycles. The van der Waals surface area contributed by atoms with Gasteiger partial charge in [-0.25, -0.2) is 4.79 Å². The zero-order chi connectivity index (χ0) is 13.4. The van der Waals surface area contributed by atoms with Crippen LogP contribution in [0.4, 0.5) is 0 Å². The van der Waals surface area contributed by atoms with Gasteiger partial charge in [-0.3, -0.25) is 4.79 Å². The number of amides is 1. The van der Waals surface area contributed by atoms with Crippen LogP contribution in [0.5, 0.6) is 0 Å². The van der Waals surface area contributed by atoms with Crippen LogP contribution >= 0.6 is 34.8 Å². The van der Waals surface area contributed by atoms with Crippen molar-refractivity contribution in [3.63, 3.8) is 0 Å². The Morgan fingerprint density at radius 3 is 1.88 bits per heavy atom.